The van der Waals surface area contributed by atoms with Crippen molar-refractivity contribution in [2.45, 2.75) is 6.54 Å². The molecule has 1 amide bonds. The highest BCUT2D eigenvalue weighted by Crippen LogP contribution is 2.08. The minimum absolute atomic E-state index is 0.141. The number of carbonyl (C=O) groups excluding carboxylic acids is 1. The van der Waals surface area contributed by atoms with Gasteiger partial charge in [-0.1, -0.05) is 6.07 Å². The van der Waals surface area contributed by atoms with Crippen LogP contribution in [0, 0.1) is 5.82 Å². The zero-order chi connectivity index (χ0) is 12.8. The highest BCUT2D eigenvalue weighted by atomic mass is 32.1. The summed E-state index contributed by atoms with van der Waals surface area (Å²) in [7, 11) is 0. The molecule has 0 atom stereocenters. The SMILES string of the molecule is O=C(CNCc1cccs1)Nc1ccc(F)cc1. The number of hydrogen-bond acceptors (Lipinski definition) is 3. The third-order valence-corrected chi connectivity index (χ3v) is 3.17. The van der Waals surface area contributed by atoms with Crippen molar-refractivity contribution in [1.82, 2.24) is 5.32 Å². The molecule has 0 saturated heterocycles. The van der Waals surface area contributed by atoms with Crippen LogP contribution in [0.25, 0.3) is 0 Å². The zero-order valence-electron chi connectivity index (χ0n) is 9.65. The van der Waals surface area contributed by atoms with Crippen LogP contribution in [0.4, 0.5) is 10.1 Å². The quantitative estimate of drug-likeness (QED) is 0.871. The van der Waals surface area contributed by atoms with E-state index in [0.717, 1.165) is 0 Å². The van der Waals surface area contributed by atoms with Gasteiger partial charge in [-0.3, -0.25) is 4.79 Å². The summed E-state index contributed by atoms with van der Waals surface area (Å²) in [6.45, 7) is 0.907. The molecule has 94 valence electrons. The van der Waals surface area contributed by atoms with Crippen LogP contribution in [0.5, 0.6) is 0 Å². The Kier molecular flexibility index (Phi) is 4.44. The van der Waals surface area contributed by atoms with Crippen LogP contribution < -0.4 is 10.6 Å². The van der Waals surface area contributed by atoms with Gasteiger partial charge in [0.1, 0.15) is 5.82 Å². The van der Waals surface area contributed by atoms with Gasteiger partial charge in [0.15, 0.2) is 0 Å². The fourth-order valence-corrected chi connectivity index (χ4v) is 2.13. The highest BCUT2D eigenvalue weighted by Gasteiger charge is 2.02. The van der Waals surface area contributed by atoms with Gasteiger partial charge in [-0.15, -0.1) is 11.3 Å². The molecule has 2 rings (SSSR count). The van der Waals surface area contributed by atoms with Crippen LogP contribution in [0.1, 0.15) is 4.88 Å². The predicted octanol–water partition coefficient (Wildman–Crippen LogP) is 2.62. The molecule has 0 bridgehead atoms. The Labute approximate surface area is 109 Å². The molecule has 0 unspecified atom stereocenters. The molecule has 0 saturated carbocycles. The van der Waals surface area contributed by atoms with Gasteiger partial charge < -0.3 is 10.6 Å². The molecule has 5 heteroatoms. The molecule has 1 heterocycles. The predicted molar refractivity (Wildman–Crippen MR) is 71.1 cm³/mol. The van der Waals surface area contributed by atoms with Crippen molar-refractivity contribution in [3.63, 3.8) is 0 Å². The topological polar surface area (TPSA) is 41.1 Å². The average molecular weight is 264 g/mol. The van der Waals surface area contributed by atoms with E-state index in [1.165, 1.54) is 29.1 Å². The second kappa shape index (κ2) is 6.28. The third-order valence-electron chi connectivity index (χ3n) is 2.29. The molecule has 0 aliphatic heterocycles. The van der Waals surface area contributed by atoms with E-state index in [1.807, 2.05) is 17.5 Å². The van der Waals surface area contributed by atoms with E-state index in [-0.39, 0.29) is 18.3 Å². The van der Waals surface area contributed by atoms with E-state index >= 15 is 0 Å². The van der Waals surface area contributed by atoms with Gasteiger partial charge in [0, 0.05) is 17.1 Å². The Bertz CT molecular complexity index is 496. The minimum atomic E-state index is -0.316. The maximum atomic E-state index is 12.7. The maximum Gasteiger partial charge on any atom is 0.238 e. The number of hydrogen-bond donors (Lipinski definition) is 2. The van der Waals surface area contributed by atoms with E-state index in [9.17, 15) is 9.18 Å². The summed E-state index contributed by atoms with van der Waals surface area (Å²) in [4.78, 5) is 12.7. The summed E-state index contributed by atoms with van der Waals surface area (Å²) in [5.74, 6) is -0.456. The zero-order valence-corrected chi connectivity index (χ0v) is 10.5. The largest absolute Gasteiger partial charge is 0.325 e. The molecule has 0 radical (unpaired) electrons. The van der Waals surface area contributed by atoms with E-state index < -0.39 is 0 Å². The van der Waals surface area contributed by atoms with E-state index in [2.05, 4.69) is 10.6 Å². The van der Waals surface area contributed by atoms with Crippen LogP contribution in [-0.2, 0) is 11.3 Å². The monoisotopic (exact) mass is 264 g/mol. The van der Waals surface area contributed by atoms with Crippen molar-refractivity contribution in [3.8, 4) is 0 Å². The van der Waals surface area contributed by atoms with Gasteiger partial charge in [0.05, 0.1) is 6.54 Å². The molecular weight excluding hydrogens is 251 g/mol. The molecule has 0 aliphatic rings. The summed E-state index contributed by atoms with van der Waals surface area (Å²) < 4.78 is 12.7. The van der Waals surface area contributed by atoms with Gasteiger partial charge >= 0.3 is 0 Å². The van der Waals surface area contributed by atoms with E-state index in [1.54, 1.807) is 11.3 Å². The van der Waals surface area contributed by atoms with Crippen molar-refractivity contribution in [3.05, 3.63) is 52.5 Å². The molecule has 1 aromatic carbocycles. The highest BCUT2D eigenvalue weighted by molar-refractivity contribution is 7.09. The van der Waals surface area contributed by atoms with Crippen LogP contribution in [0.2, 0.25) is 0 Å². The first-order valence-electron chi connectivity index (χ1n) is 5.52. The lowest BCUT2D eigenvalue weighted by Crippen LogP contribution is -2.27. The number of amides is 1. The minimum Gasteiger partial charge on any atom is -0.325 e. The van der Waals surface area contributed by atoms with Gasteiger partial charge in [-0.25, -0.2) is 4.39 Å². The summed E-state index contributed by atoms with van der Waals surface area (Å²) in [6, 6.07) is 9.68. The average Bonchev–Trinajstić information content (AvgIpc) is 2.85. The Hall–Kier alpha value is -1.72. The first kappa shape index (κ1) is 12.7. The van der Waals surface area contributed by atoms with Crippen molar-refractivity contribution >= 4 is 22.9 Å². The molecule has 0 fully saturated rings. The number of carbonyl (C=O) groups is 1. The van der Waals surface area contributed by atoms with Crippen molar-refractivity contribution < 1.29 is 9.18 Å². The first-order valence-corrected chi connectivity index (χ1v) is 6.40. The van der Waals surface area contributed by atoms with Gasteiger partial charge in [0.25, 0.3) is 0 Å². The molecule has 0 aliphatic carbocycles. The van der Waals surface area contributed by atoms with Crippen molar-refractivity contribution in [1.29, 1.82) is 0 Å². The van der Waals surface area contributed by atoms with Crippen LogP contribution in [-0.4, -0.2) is 12.5 Å². The standard InChI is InChI=1S/C13H13FN2OS/c14-10-3-5-11(6-4-10)16-13(17)9-15-8-12-2-1-7-18-12/h1-7,15H,8-9H2,(H,16,17). The summed E-state index contributed by atoms with van der Waals surface area (Å²) in [6.07, 6.45) is 0. The molecule has 18 heavy (non-hydrogen) atoms. The smallest absolute Gasteiger partial charge is 0.238 e. The maximum absolute atomic E-state index is 12.7. The van der Waals surface area contributed by atoms with Crippen molar-refractivity contribution in [2.24, 2.45) is 0 Å². The lowest BCUT2D eigenvalue weighted by Gasteiger charge is -2.05. The lowest BCUT2D eigenvalue weighted by molar-refractivity contribution is -0.115. The number of benzene rings is 1. The van der Waals surface area contributed by atoms with E-state index in [4.69, 9.17) is 0 Å². The molecule has 1 aromatic heterocycles. The van der Waals surface area contributed by atoms with Crippen molar-refractivity contribution in [2.75, 3.05) is 11.9 Å². The molecular formula is C13H13FN2OS. The van der Waals surface area contributed by atoms with Crippen LogP contribution >= 0.6 is 11.3 Å². The first-order chi connectivity index (χ1) is 8.74. The number of thiophene rings is 1. The molecule has 2 aromatic rings. The molecule has 3 nitrogen and oxygen atoms in total. The van der Waals surface area contributed by atoms with Gasteiger partial charge in [-0.05, 0) is 35.7 Å². The Morgan fingerprint density at radius 2 is 2.00 bits per heavy atom. The Morgan fingerprint density at radius 1 is 1.22 bits per heavy atom. The molecule has 0 spiro atoms. The van der Waals surface area contributed by atoms with Crippen LogP contribution in [0.3, 0.4) is 0 Å². The fraction of sp³-hybridized carbons (Fsp3) is 0.154. The number of rotatable bonds is 5. The lowest BCUT2D eigenvalue weighted by atomic mass is 10.3. The summed E-state index contributed by atoms with van der Waals surface area (Å²) in [5, 5.41) is 7.72. The fourth-order valence-electron chi connectivity index (χ4n) is 1.45. The molecule has 2 N–H and O–H groups in total. The summed E-state index contributed by atoms with van der Waals surface area (Å²) in [5.41, 5.74) is 0.597. The Balaban J connectivity index is 1.73. The second-order valence-corrected chi connectivity index (χ2v) is 4.77. The number of anilines is 1. The second-order valence-electron chi connectivity index (χ2n) is 3.74. The van der Waals surface area contributed by atoms with Gasteiger partial charge in [-0.2, -0.15) is 0 Å². The number of halogens is 1. The third kappa shape index (κ3) is 3.94. The van der Waals surface area contributed by atoms with E-state index in [0.29, 0.717) is 12.2 Å². The van der Waals surface area contributed by atoms with Crippen LogP contribution in [0.15, 0.2) is 41.8 Å². The normalized spacial score (nSPS) is 10.3. The number of nitrogens with one attached hydrogen (secondary N) is 2. The van der Waals surface area contributed by atoms with Gasteiger partial charge in [0.2, 0.25) is 5.91 Å². The Morgan fingerprint density at radius 3 is 2.67 bits per heavy atom. The summed E-state index contributed by atoms with van der Waals surface area (Å²) >= 11 is 1.64.